The van der Waals surface area contributed by atoms with Crippen molar-refractivity contribution in [2.45, 2.75) is 45.3 Å². The van der Waals surface area contributed by atoms with E-state index < -0.39 is 5.60 Å². The van der Waals surface area contributed by atoms with E-state index in [1.54, 1.807) is 0 Å². The number of rotatable bonds is 3. The van der Waals surface area contributed by atoms with Crippen LogP contribution in [0.25, 0.3) is 0 Å². The van der Waals surface area contributed by atoms with Crippen LogP contribution in [0.4, 0.5) is 0 Å². The minimum Gasteiger partial charge on any atom is -0.381 e. The first-order chi connectivity index (χ1) is 8.05. The normalized spacial score (nSPS) is 23.9. The Morgan fingerprint density at radius 2 is 2.24 bits per heavy atom. The number of aliphatic hydroxyl groups is 1. The molecule has 3 heteroatoms. The van der Waals surface area contributed by atoms with E-state index >= 15 is 0 Å². The molecule has 94 valence electrons. The number of hydrogen-bond donors (Lipinski definition) is 1. The van der Waals surface area contributed by atoms with Gasteiger partial charge in [-0.15, -0.1) is 0 Å². The lowest BCUT2D eigenvalue weighted by Crippen LogP contribution is -2.44. The average molecular weight is 235 g/mol. The van der Waals surface area contributed by atoms with Gasteiger partial charge in [-0.2, -0.15) is 0 Å². The summed E-state index contributed by atoms with van der Waals surface area (Å²) in [5.41, 5.74) is 0.696. The van der Waals surface area contributed by atoms with Crippen molar-refractivity contribution in [3.05, 3.63) is 29.6 Å². The Morgan fingerprint density at radius 1 is 1.47 bits per heavy atom. The first kappa shape index (κ1) is 12.5. The molecule has 17 heavy (non-hydrogen) atoms. The summed E-state index contributed by atoms with van der Waals surface area (Å²) in [6, 6.07) is 5.79. The number of ether oxygens (including phenoxy) is 1. The van der Waals surface area contributed by atoms with Crippen molar-refractivity contribution in [1.29, 1.82) is 0 Å². The van der Waals surface area contributed by atoms with Crippen molar-refractivity contribution < 1.29 is 9.84 Å². The standard InChI is InChI=1S/C14H21NO2/c1-10(2)14(16,13-8-5-9-17-13)12-7-4-6-11(3)15-12/h4,6-7,10,13,16H,5,8-9H2,1-3H3. The zero-order valence-electron chi connectivity index (χ0n) is 10.8. The molecule has 2 unspecified atom stereocenters. The van der Waals surface area contributed by atoms with E-state index in [1.807, 2.05) is 39.0 Å². The average Bonchev–Trinajstić information content (AvgIpc) is 2.81. The molecular formula is C14H21NO2. The molecule has 0 aromatic carbocycles. The molecule has 1 saturated heterocycles. The Bertz CT molecular complexity index is 386. The summed E-state index contributed by atoms with van der Waals surface area (Å²) < 4.78 is 5.68. The Kier molecular flexibility index (Phi) is 3.50. The molecule has 0 aliphatic carbocycles. The summed E-state index contributed by atoms with van der Waals surface area (Å²) in [7, 11) is 0. The Morgan fingerprint density at radius 3 is 2.76 bits per heavy atom. The van der Waals surface area contributed by atoms with Crippen molar-refractivity contribution in [2.75, 3.05) is 6.61 Å². The fourth-order valence-corrected chi connectivity index (χ4v) is 2.52. The van der Waals surface area contributed by atoms with Crippen LogP contribution >= 0.6 is 0 Å². The number of nitrogens with zero attached hydrogens (tertiary/aromatic N) is 1. The molecule has 1 aliphatic heterocycles. The molecule has 1 aliphatic rings. The van der Waals surface area contributed by atoms with E-state index in [1.165, 1.54) is 0 Å². The van der Waals surface area contributed by atoms with Crippen molar-refractivity contribution >= 4 is 0 Å². The van der Waals surface area contributed by atoms with Gasteiger partial charge in [0.15, 0.2) is 0 Å². The summed E-state index contributed by atoms with van der Waals surface area (Å²) in [5.74, 6) is 0.0832. The maximum Gasteiger partial charge on any atom is 0.135 e. The summed E-state index contributed by atoms with van der Waals surface area (Å²) >= 11 is 0. The van der Waals surface area contributed by atoms with Crippen LogP contribution < -0.4 is 0 Å². The summed E-state index contributed by atoms with van der Waals surface area (Å²) in [4.78, 5) is 4.48. The molecule has 1 aromatic rings. The van der Waals surface area contributed by atoms with Crippen LogP contribution in [-0.4, -0.2) is 22.8 Å². The number of pyridine rings is 1. The highest BCUT2D eigenvalue weighted by atomic mass is 16.5. The first-order valence-electron chi connectivity index (χ1n) is 6.33. The zero-order valence-corrected chi connectivity index (χ0v) is 10.8. The molecule has 2 atom stereocenters. The third-order valence-electron chi connectivity index (χ3n) is 3.60. The molecule has 3 nitrogen and oxygen atoms in total. The molecule has 0 bridgehead atoms. The molecule has 0 saturated carbocycles. The molecular weight excluding hydrogens is 214 g/mol. The quantitative estimate of drug-likeness (QED) is 0.874. The van der Waals surface area contributed by atoms with Gasteiger partial charge >= 0.3 is 0 Å². The van der Waals surface area contributed by atoms with Crippen LogP contribution in [0.1, 0.15) is 38.1 Å². The zero-order chi connectivity index (χ0) is 12.5. The molecule has 1 fully saturated rings. The Balaban J connectivity index is 2.39. The second-order valence-electron chi connectivity index (χ2n) is 5.15. The van der Waals surface area contributed by atoms with Crippen LogP contribution in [-0.2, 0) is 10.3 Å². The van der Waals surface area contributed by atoms with E-state index in [0.717, 1.165) is 30.8 Å². The van der Waals surface area contributed by atoms with Gasteiger partial charge in [0.2, 0.25) is 0 Å². The van der Waals surface area contributed by atoms with Gasteiger partial charge in [0, 0.05) is 12.3 Å². The predicted octanol–water partition coefficient (Wildman–Crippen LogP) is 2.41. The minimum absolute atomic E-state index is 0.0832. The predicted molar refractivity (Wildman–Crippen MR) is 66.7 cm³/mol. The van der Waals surface area contributed by atoms with Gasteiger partial charge in [-0.3, -0.25) is 4.98 Å². The number of aromatic nitrogens is 1. The SMILES string of the molecule is Cc1cccc(C(O)(C(C)C)C2CCCO2)n1. The largest absolute Gasteiger partial charge is 0.381 e. The first-order valence-corrected chi connectivity index (χ1v) is 6.33. The van der Waals surface area contributed by atoms with Gasteiger partial charge in [-0.1, -0.05) is 19.9 Å². The molecule has 1 aromatic heterocycles. The second-order valence-corrected chi connectivity index (χ2v) is 5.15. The lowest BCUT2D eigenvalue weighted by Gasteiger charge is -2.36. The number of aryl methyl sites for hydroxylation is 1. The summed E-state index contributed by atoms with van der Waals surface area (Å²) in [6.07, 6.45) is 1.80. The van der Waals surface area contributed by atoms with Gasteiger partial charge < -0.3 is 9.84 Å². The highest BCUT2D eigenvalue weighted by Crippen LogP contribution is 2.38. The fourth-order valence-electron chi connectivity index (χ4n) is 2.52. The lowest BCUT2D eigenvalue weighted by atomic mass is 9.80. The van der Waals surface area contributed by atoms with Crippen LogP contribution in [0.3, 0.4) is 0 Å². The van der Waals surface area contributed by atoms with E-state index in [-0.39, 0.29) is 12.0 Å². The third-order valence-corrected chi connectivity index (χ3v) is 3.60. The van der Waals surface area contributed by atoms with E-state index in [9.17, 15) is 5.11 Å². The monoisotopic (exact) mass is 235 g/mol. The van der Waals surface area contributed by atoms with Crippen LogP contribution in [0.15, 0.2) is 18.2 Å². The van der Waals surface area contributed by atoms with E-state index in [0.29, 0.717) is 0 Å². The fraction of sp³-hybridized carbons (Fsp3) is 0.643. The van der Waals surface area contributed by atoms with Crippen LogP contribution in [0.2, 0.25) is 0 Å². The summed E-state index contributed by atoms with van der Waals surface area (Å²) in [6.45, 7) is 6.72. The highest BCUT2D eigenvalue weighted by Gasteiger charge is 2.44. The van der Waals surface area contributed by atoms with Gasteiger partial charge in [0.1, 0.15) is 5.60 Å². The third kappa shape index (κ3) is 2.22. The van der Waals surface area contributed by atoms with Crippen molar-refractivity contribution in [3.8, 4) is 0 Å². The Labute approximate surface area is 103 Å². The molecule has 0 radical (unpaired) electrons. The minimum atomic E-state index is -0.970. The smallest absolute Gasteiger partial charge is 0.135 e. The number of hydrogen-bond acceptors (Lipinski definition) is 3. The topological polar surface area (TPSA) is 42.4 Å². The molecule has 0 spiro atoms. The van der Waals surface area contributed by atoms with E-state index in [4.69, 9.17) is 4.74 Å². The maximum absolute atomic E-state index is 11.0. The van der Waals surface area contributed by atoms with Gasteiger partial charge in [-0.25, -0.2) is 0 Å². The molecule has 1 N–H and O–H groups in total. The lowest BCUT2D eigenvalue weighted by molar-refractivity contribution is -0.122. The van der Waals surface area contributed by atoms with Crippen molar-refractivity contribution in [3.63, 3.8) is 0 Å². The van der Waals surface area contributed by atoms with Crippen LogP contribution in [0, 0.1) is 12.8 Å². The Hall–Kier alpha value is -0.930. The second kappa shape index (κ2) is 4.75. The van der Waals surface area contributed by atoms with Gasteiger partial charge in [0.25, 0.3) is 0 Å². The maximum atomic E-state index is 11.0. The van der Waals surface area contributed by atoms with E-state index in [2.05, 4.69) is 4.98 Å². The molecule has 2 rings (SSSR count). The van der Waals surface area contributed by atoms with Crippen molar-refractivity contribution in [1.82, 2.24) is 4.98 Å². The van der Waals surface area contributed by atoms with Crippen molar-refractivity contribution in [2.24, 2.45) is 5.92 Å². The van der Waals surface area contributed by atoms with Gasteiger partial charge in [-0.05, 0) is 37.8 Å². The summed E-state index contributed by atoms with van der Waals surface area (Å²) in [5, 5.41) is 11.0. The van der Waals surface area contributed by atoms with Crippen LogP contribution in [0.5, 0.6) is 0 Å². The molecule has 2 heterocycles. The highest BCUT2D eigenvalue weighted by molar-refractivity contribution is 5.19. The molecule has 0 amide bonds. The van der Waals surface area contributed by atoms with Gasteiger partial charge in [0.05, 0.1) is 11.8 Å².